The van der Waals surface area contributed by atoms with Gasteiger partial charge in [0.15, 0.2) is 0 Å². The Bertz CT molecular complexity index is 1260. The van der Waals surface area contributed by atoms with Crippen LogP contribution in [0.2, 0.25) is 0 Å². The van der Waals surface area contributed by atoms with Crippen molar-refractivity contribution in [3.05, 3.63) is 59.2 Å². The minimum Gasteiger partial charge on any atom is -0.497 e. The van der Waals surface area contributed by atoms with Gasteiger partial charge in [0, 0.05) is 36.1 Å². The van der Waals surface area contributed by atoms with Crippen LogP contribution in [0, 0.1) is 0 Å². The number of ether oxygens (including phenoxy) is 3. The number of fused-ring (bicyclic) bond motifs is 2. The van der Waals surface area contributed by atoms with Crippen molar-refractivity contribution in [2.45, 2.75) is 38.8 Å². The lowest BCUT2D eigenvalue weighted by Crippen LogP contribution is -2.37. The highest BCUT2D eigenvalue weighted by Crippen LogP contribution is 2.28. The van der Waals surface area contributed by atoms with Gasteiger partial charge in [-0.05, 0) is 55.2 Å². The van der Waals surface area contributed by atoms with Crippen LogP contribution in [0.1, 0.15) is 36.0 Å². The fraction of sp³-hybridized carbons (Fsp3) is 0.393. The summed E-state index contributed by atoms with van der Waals surface area (Å²) in [5.41, 5.74) is 3.12. The van der Waals surface area contributed by atoms with Crippen LogP contribution in [0.3, 0.4) is 0 Å². The third kappa shape index (κ3) is 7.10. The van der Waals surface area contributed by atoms with Gasteiger partial charge in [-0.2, -0.15) is 0 Å². The third-order valence-electron chi connectivity index (χ3n) is 6.29. The summed E-state index contributed by atoms with van der Waals surface area (Å²) in [5, 5.41) is 13.2. The molecular weight excluding hydrogens is 474 g/mol. The number of hydrogen-bond donors (Lipinski definition) is 2. The SMILES string of the molecule is COc1ccc2nc(OC)c(CN3CC(=O)NCCCCCOc4ccc(CC(=O)O)cc4C3)cc2c1. The van der Waals surface area contributed by atoms with E-state index in [0.29, 0.717) is 43.4 Å². The van der Waals surface area contributed by atoms with Gasteiger partial charge in [0.2, 0.25) is 11.8 Å². The molecule has 2 N–H and O–H groups in total. The average Bonchev–Trinajstić information content (AvgIpc) is 2.89. The molecule has 9 nitrogen and oxygen atoms in total. The van der Waals surface area contributed by atoms with E-state index in [2.05, 4.69) is 10.3 Å². The second-order valence-electron chi connectivity index (χ2n) is 9.13. The first-order chi connectivity index (χ1) is 17.9. The maximum atomic E-state index is 12.8. The lowest BCUT2D eigenvalue weighted by molar-refractivity contribution is -0.136. The number of carbonyl (C=O) groups excluding carboxylic acids is 1. The molecule has 0 saturated heterocycles. The minimum absolute atomic E-state index is 0.0715. The molecule has 196 valence electrons. The quantitative estimate of drug-likeness (QED) is 0.521. The number of benzene rings is 2. The van der Waals surface area contributed by atoms with E-state index in [-0.39, 0.29) is 18.9 Å². The molecule has 37 heavy (non-hydrogen) atoms. The molecule has 2 heterocycles. The van der Waals surface area contributed by atoms with E-state index in [4.69, 9.17) is 14.2 Å². The maximum absolute atomic E-state index is 12.8. The molecule has 0 unspecified atom stereocenters. The van der Waals surface area contributed by atoms with Gasteiger partial charge < -0.3 is 24.6 Å². The molecule has 0 bridgehead atoms. The second-order valence-corrected chi connectivity index (χ2v) is 9.13. The van der Waals surface area contributed by atoms with Gasteiger partial charge in [0.05, 0.1) is 39.3 Å². The third-order valence-corrected chi connectivity index (χ3v) is 6.29. The summed E-state index contributed by atoms with van der Waals surface area (Å²) in [7, 11) is 3.20. The van der Waals surface area contributed by atoms with Gasteiger partial charge in [0.1, 0.15) is 11.5 Å². The van der Waals surface area contributed by atoms with E-state index in [1.54, 1.807) is 20.3 Å². The number of hydrogen-bond acceptors (Lipinski definition) is 7. The first-order valence-electron chi connectivity index (χ1n) is 12.4. The monoisotopic (exact) mass is 507 g/mol. The Hall–Kier alpha value is -3.85. The van der Waals surface area contributed by atoms with Gasteiger partial charge in [-0.3, -0.25) is 14.5 Å². The highest BCUT2D eigenvalue weighted by Gasteiger charge is 2.19. The number of pyridine rings is 1. The van der Waals surface area contributed by atoms with Gasteiger partial charge in [0.25, 0.3) is 0 Å². The molecule has 1 aliphatic heterocycles. The van der Waals surface area contributed by atoms with Gasteiger partial charge >= 0.3 is 5.97 Å². The zero-order valence-electron chi connectivity index (χ0n) is 21.3. The van der Waals surface area contributed by atoms with Gasteiger partial charge in [-0.25, -0.2) is 4.98 Å². The molecular formula is C28H33N3O6. The number of methoxy groups -OCH3 is 2. The highest BCUT2D eigenvalue weighted by atomic mass is 16.5. The number of aromatic nitrogens is 1. The molecule has 0 spiro atoms. The Morgan fingerprint density at radius 1 is 1.08 bits per heavy atom. The van der Waals surface area contributed by atoms with Crippen LogP contribution < -0.4 is 19.5 Å². The fourth-order valence-electron chi connectivity index (χ4n) is 4.50. The molecule has 1 amide bonds. The normalized spacial score (nSPS) is 15.4. The predicted molar refractivity (Wildman–Crippen MR) is 139 cm³/mol. The van der Waals surface area contributed by atoms with Crippen molar-refractivity contribution in [3.63, 3.8) is 0 Å². The molecule has 0 fully saturated rings. The van der Waals surface area contributed by atoms with Crippen LogP contribution in [0.25, 0.3) is 10.9 Å². The summed E-state index contributed by atoms with van der Waals surface area (Å²) in [6.45, 7) is 2.10. The number of amides is 1. The Morgan fingerprint density at radius 3 is 2.73 bits per heavy atom. The molecule has 9 heteroatoms. The predicted octanol–water partition coefficient (Wildman–Crippen LogP) is 3.56. The van der Waals surface area contributed by atoms with E-state index >= 15 is 0 Å². The van der Waals surface area contributed by atoms with Crippen LogP contribution in [0.4, 0.5) is 0 Å². The van der Waals surface area contributed by atoms with Crippen LogP contribution >= 0.6 is 0 Å². The fourth-order valence-corrected chi connectivity index (χ4v) is 4.50. The van der Waals surface area contributed by atoms with Gasteiger partial charge in [-0.1, -0.05) is 12.1 Å². The van der Waals surface area contributed by atoms with E-state index < -0.39 is 5.97 Å². The number of carboxylic acids is 1. The average molecular weight is 508 g/mol. The van der Waals surface area contributed by atoms with Crippen molar-refractivity contribution >= 4 is 22.8 Å². The first kappa shape index (κ1) is 26.2. The molecule has 0 aliphatic carbocycles. The van der Waals surface area contributed by atoms with Crippen LogP contribution in [0.15, 0.2) is 42.5 Å². The number of rotatable bonds is 6. The van der Waals surface area contributed by atoms with Crippen molar-refractivity contribution < 1.29 is 28.9 Å². The van der Waals surface area contributed by atoms with Crippen molar-refractivity contribution in [2.75, 3.05) is 33.9 Å². The second kappa shape index (κ2) is 12.4. The Morgan fingerprint density at radius 2 is 1.95 bits per heavy atom. The topological polar surface area (TPSA) is 110 Å². The van der Waals surface area contributed by atoms with Crippen molar-refractivity contribution in [2.24, 2.45) is 0 Å². The molecule has 4 rings (SSSR count). The number of aliphatic carboxylic acids is 1. The maximum Gasteiger partial charge on any atom is 0.307 e. The zero-order chi connectivity index (χ0) is 26.2. The Labute approximate surface area is 216 Å². The molecule has 1 aliphatic rings. The standard InChI is InChI=1S/C28H33N3O6/c1-35-23-7-8-24-20(15-23)14-22(28(30-24)36-2)17-31-16-21-12-19(13-27(33)34)6-9-25(21)37-11-5-3-4-10-29-26(32)18-31/h6-9,12,14-15H,3-5,10-11,13,16-18H2,1-2H3,(H,29,32)(H,33,34). The largest absolute Gasteiger partial charge is 0.497 e. The number of carbonyl (C=O) groups is 2. The molecule has 0 saturated carbocycles. The van der Waals surface area contributed by atoms with Crippen LogP contribution in [0.5, 0.6) is 17.4 Å². The van der Waals surface area contributed by atoms with Crippen LogP contribution in [-0.4, -0.2) is 60.8 Å². The van der Waals surface area contributed by atoms with Crippen molar-refractivity contribution in [3.8, 4) is 17.4 Å². The molecule has 1 aromatic heterocycles. The van der Waals surface area contributed by atoms with Crippen LogP contribution in [-0.2, 0) is 29.1 Å². The molecule has 0 atom stereocenters. The Kier molecular flexibility index (Phi) is 8.79. The minimum atomic E-state index is -0.899. The summed E-state index contributed by atoms with van der Waals surface area (Å²) < 4.78 is 17.1. The van der Waals surface area contributed by atoms with E-state index in [1.165, 1.54) is 0 Å². The van der Waals surface area contributed by atoms with Crippen molar-refractivity contribution in [1.29, 1.82) is 0 Å². The highest BCUT2D eigenvalue weighted by molar-refractivity contribution is 5.82. The number of nitrogens with one attached hydrogen (secondary N) is 1. The smallest absolute Gasteiger partial charge is 0.307 e. The molecule has 0 radical (unpaired) electrons. The summed E-state index contributed by atoms with van der Waals surface area (Å²) in [4.78, 5) is 30.8. The van der Waals surface area contributed by atoms with E-state index in [0.717, 1.165) is 47.0 Å². The van der Waals surface area contributed by atoms with Crippen molar-refractivity contribution in [1.82, 2.24) is 15.2 Å². The number of carboxylic acid groups (broad SMARTS) is 1. The number of nitrogens with zero attached hydrogens (tertiary/aromatic N) is 2. The molecule has 3 aromatic rings. The Balaban J connectivity index is 1.70. The van der Waals surface area contributed by atoms with Gasteiger partial charge in [-0.15, -0.1) is 0 Å². The summed E-state index contributed by atoms with van der Waals surface area (Å²) in [6.07, 6.45) is 2.61. The lowest BCUT2D eigenvalue weighted by Gasteiger charge is -2.24. The van der Waals surface area contributed by atoms with E-state index in [9.17, 15) is 14.7 Å². The lowest BCUT2D eigenvalue weighted by atomic mass is 10.1. The summed E-state index contributed by atoms with van der Waals surface area (Å²) in [5.74, 6) is 0.940. The first-order valence-corrected chi connectivity index (χ1v) is 12.4. The summed E-state index contributed by atoms with van der Waals surface area (Å²) in [6, 6.07) is 13.1. The molecule has 2 aromatic carbocycles. The zero-order valence-corrected chi connectivity index (χ0v) is 21.3. The summed E-state index contributed by atoms with van der Waals surface area (Å²) >= 11 is 0. The van der Waals surface area contributed by atoms with E-state index in [1.807, 2.05) is 41.3 Å².